The molecule has 0 spiro atoms. The van der Waals surface area contributed by atoms with Crippen molar-refractivity contribution in [3.05, 3.63) is 28.2 Å². The van der Waals surface area contributed by atoms with Gasteiger partial charge in [0, 0.05) is 23.1 Å². The molecule has 1 saturated heterocycles. The van der Waals surface area contributed by atoms with Gasteiger partial charge in [-0.2, -0.15) is 0 Å². The number of rotatable bonds is 2. The molecule has 0 aromatic heterocycles. The molecule has 1 aromatic rings. The zero-order valence-corrected chi connectivity index (χ0v) is 12.5. The van der Waals surface area contributed by atoms with Crippen molar-refractivity contribution >= 4 is 27.5 Å². The fraction of sp³-hybridized carbons (Fsp3) is 0.500. The largest absolute Gasteiger partial charge is 0.384 e. The second-order valence-corrected chi connectivity index (χ2v) is 6.59. The fourth-order valence-electron chi connectivity index (χ4n) is 2.28. The van der Waals surface area contributed by atoms with Crippen LogP contribution >= 0.6 is 15.9 Å². The van der Waals surface area contributed by atoms with Gasteiger partial charge in [-0.15, -0.1) is 0 Å². The first-order valence-corrected chi connectivity index (χ1v) is 7.07. The first-order valence-electron chi connectivity index (χ1n) is 6.28. The van der Waals surface area contributed by atoms with E-state index in [0.717, 1.165) is 23.1 Å². The summed E-state index contributed by atoms with van der Waals surface area (Å²) in [5.41, 5.74) is 7.93. The van der Waals surface area contributed by atoms with Gasteiger partial charge in [-0.25, -0.2) is 0 Å². The predicted molar refractivity (Wildman–Crippen MR) is 80.4 cm³/mol. The van der Waals surface area contributed by atoms with Crippen LogP contribution in [0, 0.1) is 10.8 Å². The summed E-state index contributed by atoms with van der Waals surface area (Å²) in [6, 6.07) is 5.90. The van der Waals surface area contributed by atoms with E-state index in [9.17, 15) is 0 Å². The van der Waals surface area contributed by atoms with Crippen molar-refractivity contribution in [2.75, 3.05) is 18.0 Å². The lowest BCUT2D eigenvalue weighted by Gasteiger charge is -2.38. The summed E-state index contributed by atoms with van der Waals surface area (Å²) in [4.78, 5) is 2.40. The zero-order chi connectivity index (χ0) is 13.3. The third-order valence-electron chi connectivity index (χ3n) is 3.72. The van der Waals surface area contributed by atoms with Gasteiger partial charge < -0.3 is 10.6 Å². The van der Waals surface area contributed by atoms with Crippen LogP contribution in [-0.2, 0) is 0 Å². The Bertz CT molecular complexity index is 458. The average molecular weight is 310 g/mol. The van der Waals surface area contributed by atoms with Gasteiger partial charge in [0.15, 0.2) is 0 Å². The minimum atomic E-state index is 0.113. The first-order chi connectivity index (χ1) is 8.39. The Morgan fingerprint density at radius 2 is 1.94 bits per heavy atom. The monoisotopic (exact) mass is 309 g/mol. The molecule has 4 heteroatoms. The van der Waals surface area contributed by atoms with Gasteiger partial charge in [-0.1, -0.05) is 13.8 Å². The van der Waals surface area contributed by atoms with Crippen molar-refractivity contribution < 1.29 is 0 Å². The second kappa shape index (κ2) is 4.92. The molecule has 18 heavy (non-hydrogen) atoms. The average Bonchev–Trinajstić information content (AvgIpc) is 2.29. The number of nitrogens with two attached hydrogens (primary N) is 1. The lowest BCUT2D eigenvalue weighted by molar-refractivity contribution is 0.279. The molecule has 1 aromatic carbocycles. The molecule has 0 amide bonds. The van der Waals surface area contributed by atoms with E-state index in [1.165, 1.54) is 18.5 Å². The molecule has 1 aliphatic heterocycles. The van der Waals surface area contributed by atoms with Gasteiger partial charge in [0.1, 0.15) is 5.84 Å². The van der Waals surface area contributed by atoms with E-state index >= 15 is 0 Å². The van der Waals surface area contributed by atoms with Crippen molar-refractivity contribution in [2.45, 2.75) is 26.7 Å². The molecule has 1 aliphatic rings. The Kier molecular flexibility index (Phi) is 3.66. The third kappa shape index (κ3) is 2.86. The van der Waals surface area contributed by atoms with E-state index in [2.05, 4.69) is 40.7 Å². The number of nitrogen functional groups attached to an aromatic ring is 1. The molecule has 98 valence electrons. The fourth-order valence-corrected chi connectivity index (χ4v) is 2.91. The summed E-state index contributed by atoms with van der Waals surface area (Å²) in [6.07, 6.45) is 2.43. The molecule has 2 rings (SSSR count). The standard InChI is InChI=1S/C14H20BrN3/c1-14(2)5-7-18(8-6-14)12-4-3-10(13(16)17)9-11(12)15/h3-4,9H,5-8H2,1-2H3,(H3,16,17). The van der Waals surface area contributed by atoms with Gasteiger partial charge in [0.05, 0.1) is 5.69 Å². The van der Waals surface area contributed by atoms with Crippen LogP contribution in [0.3, 0.4) is 0 Å². The Morgan fingerprint density at radius 1 is 1.33 bits per heavy atom. The maximum Gasteiger partial charge on any atom is 0.122 e. The molecule has 1 fully saturated rings. The smallest absolute Gasteiger partial charge is 0.122 e. The molecule has 3 N–H and O–H groups in total. The zero-order valence-electron chi connectivity index (χ0n) is 11.0. The Balaban J connectivity index is 2.17. The highest BCUT2D eigenvalue weighted by atomic mass is 79.9. The van der Waals surface area contributed by atoms with E-state index in [1.807, 2.05) is 12.1 Å². The van der Waals surface area contributed by atoms with Crippen molar-refractivity contribution in [1.82, 2.24) is 0 Å². The van der Waals surface area contributed by atoms with Gasteiger partial charge in [0.25, 0.3) is 0 Å². The minimum Gasteiger partial charge on any atom is -0.384 e. The van der Waals surface area contributed by atoms with E-state index in [4.69, 9.17) is 11.1 Å². The van der Waals surface area contributed by atoms with E-state index in [0.29, 0.717) is 5.41 Å². The highest BCUT2D eigenvalue weighted by Crippen LogP contribution is 2.35. The quantitative estimate of drug-likeness (QED) is 0.650. The number of amidine groups is 1. The lowest BCUT2D eigenvalue weighted by atomic mass is 9.82. The molecular formula is C14H20BrN3. The number of piperidine rings is 1. The van der Waals surface area contributed by atoms with Gasteiger partial charge in [-0.3, -0.25) is 5.41 Å². The van der Waals surface area contributed by atoms with Crippen LogP contribution < -0.4 is 10.6 Å². The number of hydrogen-bond donors (Lipinski definition) is 2. The molecule has 0 atom stereocenters. The van der Waals surface area contributed by atoms with Gasteiger partial charge >= 0.3 is 0 Å². The lowest BCUT2D eigenvalue weighted by Crippen LogP contribution is -2.37. The summed E-state index contributed by atoms with van der Waals surface area (Å²) < 4.78 is 1.02. The summed E-state index contributed by atoms with van der Waals surface area (Å²) in [6.45, 7) is 6.84. The highest BCUT2D eigenvalue weighted by Gasteiger charge is 2.26. The highest BCUT2D eigenvalue weighted by molar-refractivity contribution is 9.10. The van der Waals surface area contributed by atoms with Crippen molar-refractivity contribution in [3.63, 3.8) is 0 Å². The molecule has 0 radical (unpaired) electrons. The van der Waals surface area contributed by atoms with Crippen LogP contribution in [0.2, 0.25) is 0 Å². The maximum atomic E-state index is 7.44. The predicted octanol–water partition coefficient (Wildman–Crippen LogP) is 3.36. The van der Waals surface area contributed by atoms with Crippen LogP contribution in [0.15, 0.2) is 22.7 Å². The van der Waals surface area contributed by atoms with E-state index in [1.54, 1.807) is 0 Å². The molecule has 0 aliphatic carbocycles. The summed E-state index contributed by atoms with van der Waals surface area (Å²) in [5.74, 6) is 0.113. The molecule has 3 nitrogen and oxygen atoms in total. The SMILES string of the molecule is CC1(C)CCN(c2ccc(C(=N)N)cc2Br)CC1. The Labute approximate surface area is 117 Å². The third-order valence-corrected chi connectivity index (χ3v) is 4.35. The van der Waals surface area contributed by atoms with E-state index in [-0.39, 0.29) is 5.84 Å². The van der Waals surface area contributed by atoms with Gasteiger partial charge in [-0.05, 0) is 52.4 Å². The Hall–Kier alpha value is -1.03. The molecule has 0 unspecified atom stereocenters. The van der Waals surface area contributed by atoms with Crippen LogP contribution in [0.5, 0.6) is 0 Å². The number of nitrogens with zero attached hydrogens (tertiary/aromatic N) is 1. The van der Waals surface area contributed by atoms with E-state index < -0.39 is 0 Å². The number of halogens is 1. The van der Waals surface area contributed by atoms with Crippen LogP contribution in [0.1, 0.15) is 32.3 Å². The van der Waals surface area contributed by atoms with Crippen molar-refractivity contribution in [1.29, 1.82) is 5.41 Å². The normalized spacial score (nSPS) is 18.7. The maximum absolute atomic E-state index is 7.44. The Morgan fingerprint density at radius 3 is 2.44 bits per heavy atom. The van der Waals surface area contributed by atoms with Gasteiger partial charge in [0.2, 0.25) is 0 Å². The minimum absolute atomic E-state index is 0.113. The molecule has 1 heterocycles. The summed E-state index contributed by atoms with van der Waals surface area (Å²) >= 11 is 3.59. The number of nitrogens with one attached hydrogen (secondary N) is 1. The number of benzene rings is 1. The van der Waals surface area contributed by atoms with Crippen molar-refractivity contribution in [3.8, 4) is 0 Å². The molecule has 0 saturated carbocycles. The second-order valence-electron chi connectivity index (χ2n) is 5.73. The molecular weight excluding hydrogens is 290 g/mol. The van der Waals surface area contributed by atoms with Crippen molar-refractivity contribution in [2.24, 2.45) is 11.1 Å². The van der Waals surface area contributed by atoms with Crippen LogP contribution in [0.25, 0.3) is 0 Å². The summed E-state index contributed by atoms with van der Waals surface area (Å²) in [5, 5.41) is 7.44. The topological polar surface area (TPSA) is 53.1 Å². The van der Waals surface area contributed by atoms with Crippen LogP contribution in [0.4, 0.5) is 5.69 Å². The summed E-state index contributed by atoms with van der Waals surface area (Å²) in [7, 11) is 0. The number of anilines is 1. The molecule has 0 bridgehead atoms. The van der Waals surface area contributed by atoms with Crippen LogP contribution in [-0.4, -0.2) is 18.9 Å². The number of hydrogen-bond acceptors (Lipinski definition) is 2. The first kappa shape index (κ1) is 13.4.